The predicted octanol–water partition coefficient (Wildman–Crippen LogP) is 4.30. The number of aryl methyl sites for hydroxylation is 2. The standard InChI is InChI=1S/C19H18N2O3/c1-11-4-5-13(19(22)23)9-16(11)21-17-8-12(2)20-18-10-14(24-3)6-7-15(17)18/h4-10H,1-3H3,(H,20,21)(H,22,23). The molecule has 1 aromatic heterocycles. The number of rotatable bonds is 4. The van der Waals surface area contributed by atoms with Gasteiger partial charge in [0.25, 0.3) is 0 Å². The highest BCUT2D eigenvalue weighted by molar-refractivity contribution is 5.95. The number of fused-ring (bicyclic) bond motifs is 1. The van der Waals surface area contributed by atoms with Gasteiger partial charge in [-0.25, -0.2) is 4.79 Å². The third kappa shape index (κ3) is 3.01. The van der Waals surface area contributed by atoms with Gasteiger partial charge in [-0.15, -0.1) is 0 Å². The first-order valence-corrected chi connectivity index (χ1v) is 7.54. The first kappa shape index (κ1) is 15.8. The molecule has 5 nitrogen and oxygen atoms in total. The summed E-state index contributed by atoms with van der Waals surface area (Å²) in [5.74, 6) is -0.200. The largest absolute Gasteiger partial charge is 0.497 e. The number of benzene rings is 2. The Bertz CT molecular complexity index is 935. The van der Waals surface area contributed by atoms with E-state index in [-0.39, 0.29) is 5.56 Å². The van der Waals surface area contributed by atoms with E-state index in [9.17, 15) is 9.90 Å². The number of nitrogens with zero attached hydrogens (tertiary/aromatic N) is 1. The zero-order valence-corrected chi connectivity index (χ0v) is 13.8. The quantitative estimate of drug-likeness (QED) is 0.749. The van der Waals surface area contributed by atoms with Crippen molar-refractivity contribution < 1.29 is 14.6 Å². The third-order valence-corrected chi connectivity index (χ3v) is 3.90. The van der Waals surface area contributed by atoms with Crippen molar-refractivity contribution in [2.24, 2.45) is 0 Å². The van der Waals surface area contributed by atoms with Crippen LogP contribution in [0.4, 0.5) is 11.4 Å². The molecular weight excluding hydrogens is 304 g/mol. The van der Waals surface area contributed by atoms with E-state index in [2.05, 4.69) is 10.3 Å². The van der Waals surface area contributed by atoms with Crippen molar-refractivity contribution in [2.45, 2.75) is 13.8 Å². The van der Waals surface area contributed by atoms with E-state index >= 15 is 0 Å². The Kier molecular flexibility index (Phi) is 4.08. The lowest BCUT2D eigenvalue weighted by Crippen LogP contribution is -2.01. The fraction of sp³-hybridized carbons (Fsp3) is 0.158. The van der Waals surface area contributed by atoms with Gasteiger partial charge < -0.3 is 15.2 Å². The Morgan fingerprint density at radius 2 is 1.88 bits per heavy atom. The van der Waals surface area contributed by atoms with Gasteiger partial charge in [0.05, 0.1) is 18.2 Å². The lowest BCUT2D eigenvalue weighted by Gasteiger charge is -2.14. The van der Waals surface area contributed by atoms with Gasteiger partial charge >= 0.3 is 5.97 Å². The lowest BCUT2D eigenvalue weighted by atomic mass is 10.1. The maximum atomic E-state index is 11.2. The normalized spacial score (nSPS) is 10.6. The van der Waals surface area contributed by atoms with Crippen molar-refractivity contribution in [2.75, 3.05) is 12.4 Å². The predicted molar refractivity (Wildman–Crippen MR) is 94.5 cm³/mol. The van der Waals surface area contributed by atoms with Crippen LogP contribution in [0.1, 0.15) is 21.6 Å². The van der Waals surface area contributed by atoms with Crippen LogP contribution in [0.3, 0.4) is 0 Å². The second-order valence-electron chi connectivity index (χ2n) is 5.65. The first-order valence-electron chi connectivity index (χ1n) is 7.54. The van der Waals surface area contributed by atoms with Crippen molar-refractivity contribution in [3.63, 3.8) is 0 Å². The minimum Gasteiger partial charge on any atom is -0.497 e. The van der Waals surface area contributed by atoms with Crippen LogP contribution in [0, 0.1) is 13.8 Å². The average Bonchev–Trinajstić information content (AvgIpc) is 2.55. The monoisotopic (exact) mass is 322 g/mol. The average molecular weight is 322 g/mol. The number of methoxy groups -OCH3 is 1. The van der Waals surface area contributed by atoms with Gasteiger partial charge in [0.15, 0.2) is 0 Å². The fourth-order valence-corrected chi connectivity index (χ4v) is 2.61. The molecule has 2 N–H and O–H groups in total. The van der Waals surface area contributed by atoms with Crippen LogP contribution in [-0.4, -0.2) is 23.2 Å². The Morgan fingerprint density at radius 1 is 1.08 bits per heavy atom. The van der Waals surface area contributed by atoms with Gasteiger partial charge in [-0.3, -0.25) is 4.98 Å². The molecule has 0 spiro atoms. The second-order valence-corrected chi connectivity index (χ2v) is 5.65. The summed E-state index contributed by atoms with van der Waals surface area (Å²) in [5, 5.41) is 13.5. The molecule has 0 fully saturated rings. The molecule has 3 rings (SSSR count). The molecule has 0 saturated heterocycles. The Hall–Kier alpha value is -3.08. The fourth-order valence-electron chi connectivity index (χ4n) is 2.61. The van der Waals surface area contributed by atoms with Crippen molar-refractivity contribution >= 4 is 28.2 Å². The van der Waals surface area contributed by atoms with Crippen LogP contribution in [-0.2, 0) is 0 Å². The summed E-state index contributed by atoms with van der Waals surface area (Å²) >= 11 is 0. The molecule has 5 heteroatoms. The molecule has 3 aromatic rings. The third-order valence-electron chi connectivity index (χ3n) is 3.90. The molecule has 24 heavy (non-hydrogen) atoms. The zero-order chi connectivity index (χ0) is 17.3. The minimum atomic E-state index is -0.946. The number of hydrogen-bond donors (Lipinski definition) is 2. The molecule has 0 aliphatic carbocycles. The molecule has 2 aromatic carbocycles. The van der Waals surface area contributed by atoms with Crippen LogP contribution in [0.15, 0.2) is 42.5 Å². The molecule has 0 aliphatic heterocycles. The molecule has 122 valence electrons. The number of hydrogen-bond acceptors (Lipinski definition) is 4. The van der Waals surface area contributed by atoms with Gasteiger partial charge in [0.1, 0.15) is 5.75 Å². The molecule has 1 heterocycles. The van der Waals surface area contributed by atoms with E-state index < -0.39 is 5.97 Å². The van der Waals surface area contributed by atoms with Crippen molar-refractivity contribution in [1.29, 1.82) is 0 Å². The van der Waals surface area contributed by atoms with Gasteiger partial charge in [0.2, 0.25) is 0 Å². The van der Waals surface area contributed by atoms with Crippen molar-refractivity contribution in [3.8, 4) is 5.75 Å². The van der Waals surface area contributed by atoms with Crippen molar-refractivity contribution in [3.05, 3.63) is 59.3 Å². The summed E-state index contributed by atoms with van der Waals surface area (Å²) in [4.78, 5) is 15.7. The highest BCUT2D eigenvalue weighted by atomic mass is 16.5. The number of anilines is 2. The summed E-state index contributed by atoms with van der Waals surface area (Å²) in [6.45, 7) is 3.86. The molecule has 0 unspecified atom stereocenters. The SMILES string of the molecule is COc1ccc2c(Nc3cc(C(=O)O)ccc3C)cc(C)nc2c1. The van der Waals surface area contributed by atoms with Gasteiger partial charge in [-0.05, 0) is 49.7 Å². The Labute approximate surface area is 139 Å². The molecule has 0 saturated carbocycles. The lowest BCUT2D eigenvalue weighted by molar-refractivity contribution is 0.0697. The number of ether oxygens (including phenoxy) is 1. The number of aromatic nitrogens is 1. The van der Waals surface area contributed by atoms with E-state index in [0.29, 0.717) is 0 Å². The first-order chi connectivity index (χ1) is 11.5. The Balaban J connectivity index is 2.10. The van der Waals surface area contributed by atoms with Gasteiger partial charge in [0, 0.05) is 28.5 Å². The maximum Gasteiger partial charge on any atom is 0.335 e. The highest BCUT2D eigenvalue weighted by Crippen LogP contribution is 2.30. The summed E-state index contributed by atoms with van der Waals surface area (Å²) in [6.07, 6.45) is 0. The number of carbonyl (C=O) groups is 1. The second kappa shape index (κ2) is 6.20. The zero-order valence-electron chi connectivity index (χ0n) is 13.8. The van der Waals surface area contributed by atoms with E-state index in [1.807, 2.05) is 38.1 Å². The molecule has 0 aliphatic rings. The molecule has 0 radical (unpaired) electrons. The van der Waals surface area contributed by atoms with E-state index in [1.165, 1.54) is 0 Å². The van der Waals surface area contributed by atoms with Gasteiger partial charge in [-0.1, -0.05) is 6.07 Å². The Morgan fingerprint density at radius 3 is 2.58 bits per heavy atom. The number of aromatic carboxylic acids is 1. The molecule has 0 amide bonds. The van der Waals surface area contributed by atoms with E-state index in [0.717, 1.165) is 39.3 Å². The van der Waals surface area contributed by atoms with Crippen LogP contribution in [0.2, 0.25) is 0 Å². The number of carboxylic acids is 1. The van der Waals surface area contributed by atoms with Gasteiger partial charge in [-0.2, -0.15) is 0 Å². The highest BCUT2D eigenvalue weighted by Gasteiger charge is 2.10. The number of nitrogens with one attached hydrogen (secondary N) is 1. The summed E-state index contributed by atoms with van der Waals surface area (Å²) in [7, 11) is 1.62. The topological polar surface area (TPSA) is 71.5 Å². The number of carboxylic acid groups (broad SMARTS) is 1. The van der Waals surface area contributed by atoms with E-state index in [4.69, 9.17) is 4.74 Å². The van der Waals surface area contributed by atoms with Crippen LogP contribution in [0.5, 0.6) is 5.75 Å². The maximum absolute atomic E-state index is 11.2. The molecule has 0 bridgehead atoms. The molecular formula is C19H18N2O3. The van der Waals surface area contributed by atoms with Crippen molar-refractivity contribution in [1.82, 2.24) is 4.98 Å². The molecule has 0 atom stereocenters. The van der Waals surface area contributed by atoms with Crippen LogP contribution >= 0.6 is 0 Å². The van der Waals surface area contributed by atoms with Crippen LogP contribution < -0.4 is 10.1 Å². The summed E-state index contributed by atoms with van der Waals surface area (Å²) in [5.41, 5.74) is 4.55. The summed E-state index contributed by atoms with van der Waals surface area (Å²) in [6, 6.07) is 12.7. The summed E-state index contributed by atoms with van der Waals surface area (Å²) < 4.78 is 5.26. The minimum absolute atomic E-state index is 0.250. The smallest absolute Gasteiger partial charge is 0.335 e. The van der Waals surface area contributed by atoms with Crippen LogP contribution in [0.25, 0.3) is 10.9 Å². The van der Waals surface area contributed by atoms with E-state index in [1.54, 1.807) is 25.3 Å². The number of pyridine rings is 1.